The second-order valence-corrected chi connectivity index (χ2v) is 8.00. The van der Waals surface area contributed by atoms with Crippen LogP contribution in [-0.4, -0.2) is 38.3 Å². The highest BCUT2D eigenvalue weighted by Crippen LogP contribution is 2.22. The van der Waals surface area contributed by atoms with Gasteiger partial charge < -0.3 is 9.88 Å². The summed E-state index contributed by atoms with van der Waals surface area (Å²) in [4.78, 5) is 17.7. The van der Waals surface area contributed by atoms with Crippen LogP contribution in [-0.2, 0) is 6.54 Å². The van der Waals surface area contributed by atoms with E-state index >= 15 is 0 Å². The Balaban J connectivity index is 1.86. The summed E-state index contributed by atoms with van der Waals surface area (Å²) in [5, 5.41) is 13.6. The molecule has 7 heteroatoms. The van der Waals surface area contributed by atoms with Gasteiger partial charge in [0.05, 0.1) is 30.7 Å². The molecule has 7 nitrogen and oxygen atoms in total. The molecule has 31 heavy (non-hydrogen) atoms. The Labute approximate surface area is 181 Å². The highest BCUT2D eigenvalue weighted by atomic mass is 16.1. The summed E-state index contributed by atoms with van der Waals surface area (Å²) in [6, 6.07) is 16.0. The molecule has 2 aromatic heterocycles. The summed E-state index contributed by atoms with van der Waals surface area (Å²) in [6.45, 7) is 10.6. The van der Waals surface area contributed by atoms with E-state index < -0.39 is 0 Å². The number of H-pyrrole nitrogens is 1. The third-order valence-electron chi connectivity index (χ3n) is 6.20. The van der Waals surface area contributed by atoms with Gasteiger partial charge in [-0.15, -0.1) is 5.10 Å². The summed E-state index contributed by atoms with van der Waals surface area (Å²) >= 11 is 0. The third kappa shape index (κ3) is 4.01. The second kappa shape index (κ2) is 8.81. The van der Waals surface area contributed by atoms with Crippen LogP contribution in [0.5, 0.6) is 0 Å². The minimum absolute atomic E-state index is 0.0835. The quantitative estimate of drug-likeness (QED) is 0.483. The number of benzene rings is 2. The van der Waals surface area contributed by atoms with Gasteiger partial charge >= 0.3 is 0 Å². The van der Waals surface area contributed by atoms with Crippen molar-refractivity contribution in [2.24, 2.45) is 0 Å². The van der Waals surface area contributed by atoms with Gasteiger partial charge in [0.25, 0.3) is 5.56 Å². The lowest BCUT2D eigenvalue weighted by Gasteiger charge is -2.26. The number of aromatic nitrogens is 5. The van der Waals surface area contributed by atoms with E-state index in [1.165, 1.54) is 4.90 Å². The number of rotatable bonds is 7. The number of hydrogen-bond acceptors (Lipinski definition) is 4. The number of aromatic amines is 1. The normalized spacial score (nSPS) is 12.5. The summed E-state index contributed by atoms with van der Waals surface area (Å²) in [5.41, 5.74) is 4.88. The van der Waals surface area contributed by atoms with Gasteiger partial charge in [0.1, 0.15) is 0 Å². The third-order valence-corrected chi connectivity index (χ3v) is 6.20. The van der Waals surface area contributed by atoms with Gasteiger partial charge in [-0.3, -0.25) is 4.79 Å². The molecule has 2 N–H and O–H groups in total. The van der Waals surface area contributed by atoms with Gasteiger partial charge in [-0.25, -0.2) is 4.68 Å². The predicted molar refractivity (Wildman–Crippen MR) is 121 cm³/mol. The first-order valence-corrected chi connectivity index (χ1v) is 10.8. The lowest BCUT2D eigenvalue weighted by molar-refractivity contribution is -0.923. The average Bonchev–Trinajstić information content (AvgIpc) is 3.23. The molecule has 0 unspecified atom stereocenters. The first-order valence-electron chi connectivity index (χ1n) is 10.8. The SMILES string of the molecule is CC[NH+](CC)[C@@H](c1cc2ccc(C)c(C)c2[nH]c1=O)c1nnnn1Cc1ccccc1. The Morgan fingerprint density at radius 3 is 2.52 bits per heavy atom. The van der Waals surface area contributed by atoms with E-state index in [0.29, 0.717) is 17.9 Å². The molecule has 4 rings (SSSR count). The first-order chi connectivity index (χ1) is 15.0. The van der Waals surface area contributed by atoms with Crippen LogP contribution >= 0.6 is 0 Å². The van der Waals surface area contributed by atoms with Gasteiger partial charge in [-0.2, -0.15) is 0 Å². The van der Waals surface area contributed by atoms with Crippen molar-refractivity contribution in [3.8, 4) is 0 Å². The Morgan fingerprint density at radius 2 is 1.81 bits per heavy atom. The molecule has 0 spiro atoms. The number of pyridine rings is 1. The van der Waals surface area contributed by atoms with E-state index in [0.717, 1.165) is 40.7 Å². The van der Waals surface area contributed by atoms with E-state index in [2.05, 4.69) is 65.5 Å². The number of tetrazole rings is 1. The fourth-order valence-corrected chi connectivity index (χ4v) is 4.24. The van der Waals surface area contributed by atoms with Crippen molar-refractivity contribution in [2.75, 3.05) is 13.1 Å². The van der Waals surface area contributed by atoms with Crippen LogP contribution in [0.15, 0.2) is 53.3 Å². The van der Waals surface area contributed by atoms with Crippen molar-refractivity contribution >= 4 is 10.9 Å². The molecule has 2 aromatic carbocycles. The number of hydrogen-bond donors (Lipinski definition) is 2. The van der Waals surface area contributed by atoms with Crippen molar-refractivity contribution in [1.82, 2.24) is 25.2 Å². The van der Waals surface area contributed by atoms with E-state index in [-0.39, 0.29) is 11.6 Å². The van der Waals surface area contributed by atoms with Gasteiger partial charge in [-0.05, 0) is 66.3 Å². The molecule has 160 valence electrons. The average molecular weight is 418 g/mol. The van der Waals surface area contributed by atoms with Gasteiger partial charge in [0.15, 0.2) is 6.04 Å². The maximum atomic E-state index is 13.3. The van der Waals surface area contributed by atoms with E-state index in [9.17, 15) is 4.79 Å². The molecule has 0 fully saturated rings. The van der Waals surface area contributed by atoms with Gasteiger partial charge in [0, 0.05) is 0 Å². The maximum Gasteiger partial charge on any atom is 0.258 e. The van der Waals surface area contributed by atoms with Crippen molar-refractivity contribution in [1.29, 1.82) is 0 Å². The lowest BCUT2D eigenvalue weighted by atomic mass is 10.00. The molecule has 4 aromatic rings. The monoisotopic (exact) mass is 417 g/mol. The fourth-order valence-electron chi connectivity index (χ4n) is 4.24. The van der Waals surface area contributed by atoms with Crippen molar-refractivity contribution < 1.29 is 4.90 Å². The Hall–Kier alpha value is -3.32. The van der Waals surface area contributed by atoms with Crippen LogP contribution < -0.4 is 10.5 Å². The highest BCUT2D eigenvalue weighted by Gasteiger charge is 2.32. The van der Waals surface area contributed by atoms with Gasteiger partial charge in [0.2, 0.25) is 5.82 Å². The number of nitrogens with one attached hydrogen (secondary N) is 2. The van der Waals surface area contributed by atoms with Crippen molar-refractivity contribution in [3.63, 3.8) is 0 Å². The molecule has 2 heterocycles. The number of aryl methyl sites for hydroxylation is 2. The molecule has 0 aliphatic rings. The van der Waals surface area contributed by atoms with E-state index in [1.54, 1.807) is 0 Å². The fraction of sp³-hybridized carbons (Fsp3) is 0.333. The zero-order valence-corrected chi connectivity index (χ0v) is 18.5. The van der Waals surface area contributed by atoms with Crippen LogP contribution in [0, 0.1) is 13.8 Å². The molecule has 0 radical (unpaired) electrons. The molecule has 0 bridgehead atoms. The van der Waals surface area contributed by atoms with Crippen molar-refractivity contribution in [2.45, 2.75) is 40.3 Å². The van der Waals surface area contributed by atoms with Crippen LogP contribution in [0.1, 0.15) is 48.0 Å². The molecular weight excluding hydrogens is 388 g/mol. The van der Waals surface area contributed by atoms with E-state index in [1.807, 2.05) is 35.9 Å². The molecule has 0 saturated heterocycles. The number of nitrogens with zero attached hydrogens (tertiary/aromatic N) is 4. The van der Waals surface area contributed by atoms with E-state index in [4.69, 9.17) is 0 Å². The van der Waals surface area contributed by atoms with Crippen LogP contribution in [0.4, 0.5) is 0 Å². The predicted octanol–water partition coefficient (Wildman–Crippen LogP) is 2.19. The Kier molecular flexibility index (Phi) is 5.95. The first kappa shape index (κ1) is 20.9. The maximum absolute atomic E-state index is 13.3. The van der Waals surface area contributed by atoms with Crippen LogP contribution in [0.2, 0.25) is 0 Å². The molecular formula is C24H29N6O+. The van der Waals surface area contributed by atoms with Crippen molar-refractivity contribution in [3.05, 3.63) is 87.0 Å². The molecule has 0 aliphatic carbocycles. The standard InChI is InChI=1S/C24H28N6O/c1-5-29(6-2)22(23-26-27-28-30(23)15-18-10-8-7-9-11-18)20-14-19-13-12-16(3)17(4)21(19)25-24(20)31/h7-14,22H,5-6,15H2,1-4H3,(H,25,31)/p+1/t22-/m0/s1. The molecule has 0 aliphatic heterocycles. The number of quaternary nitrogens is 1. The zero-order valence-electron chi connectivity index (χ0n) is 18.5. The minimum Gasteiger partial charge on any atom is -0.323 e. The summed E-state index contributed by atoms with van der Waals surface area (Å²) < 4.78 is 1.81. The van der Waals surface area contributed by atoms with Gasteiger partial charge in [-0.1, -0.05) is 42.5 Å². The summed E-state index contributed by atoms with van der Waals surface area (Å²) in [6.07, 6.45) is 0. The number of fused-ring (bicyclic) bond motifs is 1. The molecule has 0 amide bonds. The zero-order chi connectivity index (χ0) is 22.0. The summed E-state index contributed by atoms with van der Waals surface area (Å²) in [7, 11) is 0. The Morgan fingerprint density at radius 1 is 1.06 bits per heavy atom. The van der Waals surface area contributed by atoms with Crippen LogP contribution in [0.3, 0.4) is 0 Å². The van der Waals surface area contributed by atoms with Crippen LogP contribution in [0.25, 0.3) is 10.9 Å². The summed E-state index contributed by atoms with van der Waals surface area (Å²) in [5.74, 6) is 0.705. The second-order valence-electron chi connectivity index (χ2n) is 8.00. The lowest BCUT2D eigenvalue weighted by Crippen LogP contribution is -3.12. The highest BCUT2D eigenvalue weighted by molar-refractivity contribution is 5.83. The minimum atomic E-state index is -0.261. The molecule has 0 saturated carbocycles. The Bertz CT molecular complexity index is 1240. The largest absolute Gasteiger partial charge is 0.323 e. The smallest absolute Gasteiger partial charge is 0.258 e. The molecule has 1 atom stereocenters. The topological polar surface area (TPSA) is 80.9 Å².